The van der Waals surface area contributed by atoms with Gasteiger partial charge >= 0.3 is 6.03 Å². The molecule has 0 radical (unpaired) electrons. The molecule has 6 heteroatoms. The molecule has 2 N–H and O–H groups in total. The normalized spacial score (nSPS) is 14.0. The van der Waals surface area contributed by atoms with Crippen LogP contribution in [0, 0.1) is 0 Å². The van der Waals surface area contributed by atoms with Crippen LogP contribution in [0.5, 0.6) is 0 Å². The molecule has 1 aliphatic heterocycles. The standard InChI is InChI=1S/C21H22N4O2/c26-21(22-17-7-9-18(10-8-17)24-11-3-4-12-24)23-19-5-1-2-6-20(19)25-13-15-27-16-14-25/h1-12H,13-16H2,(H2,22,23,26). The highest BCUT2D eigenvalue weighted by molar-refractivity contribution is 6.01. The average Bonchev–Trinajstić information content (AvgIpc) is 3.24. The molecule has 6 nitrogen and oxygen atoms in total. The van der Waals surface area contributed by atoms with Crippen molar-refractivity contribution in [2.75, 3.05) is 41.8 Å². The van der Waals surface area contributed by atoms with Crippen molar-refractivity contribution in [3.8, 4) is 5.69 Å². The predicted octanol–water partition coefficient (Wildman–Crippen LogP) is 3.96. The largest absolute Gasteiger partial charge is 0.378 e. The molecular formula is C21H22N4O2. The maximum Gasteiger partial charge on any atom is 0.323 e. The van der Waals surface area contributed by atoms with E-state index in [0.717, 1.165) is 35.8 Å². The van der Waals surface area contributed by atoms with Crippen LogP contribution in [-0.2, 0) is 4.74 Å². The summed E-state index contributed by atoms with van der Waals surface area (Å²) in [6, 6.07) is 19.3. The fourth-order valence-electron chi connectivity index (χ4n) is 3.17. The van der Waals surface area contributed by atoms with Gasteiger partial charge in [0.05, 0.1) is 24.6 Å². The van der Waals surface area contributed by atoms with Crippen LogP contribution in [0.3, 0.4) is 0 Å². The summed E-state index contributed by atoms with van der Waals surface area (Å²) in [5, 5.41) is 5.85. The van der Waals surface area contributed by atoms with Crippen molar-refractivity contribution in [3.63, 3.8) is 0 Å². The lowest BCUT2D eigenvalue weighted by Gasteiger charge is -2.30. The zero-order valence-electron chi connectivity index (χ0n) is 15.0. The van der Waals surface area contributed by atoms with E-state index in [1.165, 1.54) is 0 Å². The van der Waals surface area contributed by atoms with Crippen LogP contribution in [0.4, 0.5) is 21.9 Å². The van der Waals surface area contributed by atoms with Crippen LogP contribution >= 0.6 is 0 Å². The van der Waals surface area contributed by atoms with Gasteiger partial charge in [-0.05, 0) is 48.5 Å². The van der Waals surface area contributed by atoms with Crippen molar-refractivity contribution in [2.45, 2.75) is 0 Å². The maximum atomic E-state index is 12.5. The van der Waals surface area contributed by atoms with E-state index in [1.807, 2.05) is 77.6 Å². The van der Waals surface area contributed by atoms with Crippen molar-refractivity contribution in [3.05, 3.63) is 73.1 Å². The van der Waals surface area contributed by atoms with E-state index in [9.17, 15) is 4.79 Å². The fraction of sp³-hybridized carbons (Fsp3) is 0.190. The molecule has 1 fully saturated rings. The van der Waals surface area contributed by atoms with E-state index < -0.39 is 0 Å². The number of aromatic nitrogens is 1. The summed E-state index contributed by atoms with van der Waals surface area (Å²) >= 11 is 0. The first-order valence-electron chi connectivity index (χ1n) is 9.03. The number of carbonyl (C=O) groups is 1. The molecule has 1 saturated heterocycles. The van der Waals surface area contributed by atoms with E-state index in [2.05, 4.69) is 15.5 Å². The van der Waals surface area contributed by atoms with Gasteiger partial charge < -0.3 is 24.8 Å². The summed E-state index contributed by atoms with van der Waals surface area (Å²) in [4.78, 5) is 14.7. The van der Waals surface area contributed by atoms with Crippen molar-refractivity contribution < 1.29 is 9.53 Å². The zero-order chi connectivity index (χ0) is 18.5. The number of nitrogens with one attached hydrogen (secondary N) is 2. The number of nitrogens with zero attached hydrogens (tertiary/aromatic N) is 2. The predicted molar refractivity (Wildman–Crippen MR) is 108 cm³/mol. The second-order valence-corrected chi connectivity index (χ2v) is 6.33. The number of hydrogen-bond acceptors (Lipinski definition) is 3. The number of carbonyl (C=O) groups excluding carboxylic acids is 1. The number of morpholine rings is 1. The minimum Gasteiger partial charge on any atom is -0.378 e. The molecule has 1 aromatic heterocycles. The first-order chi connectivity index (χ1) is 13.3. The summed E-state index contributed by atoms with van der Waals surface area (Å²) in [6.07, 6.45) is 3.97. The number of amides is 2. The molecule has 3 aromatic rings. The molecule has 2 heterocycles. The maximum absolute atomic E-state index is 12.5. The van der Waals surface area contributed by atoms with Gasteiger partial charge in [0.15, 0.2) is 0 Å². The van der Waals surface area contributed by atoms with E-state index in [1.54, 1.807) is 0 Å². The number of para-hydroxylation sites is 2. The van der Waals surface area contributed by atoms with Gasteiger partial charge in [-0.3, -0.25) is 0 Å². The highest BCUT2D eigenvalue weighted by Crippen LogP contribution is 2.26. The van der Waals surface area contributed by atoms with Gasteiger partial charge in [0.1, 0.15) is 0 Å². The van der Waals surface area contributed by atoms with Crippen molar-refractivity contribution >= 4 is 23.1 Å². The van der Waals surface area contributed by atoms with Crippen LogP contribution in [0.25, 0.3) is 5.69 Å². The van der Waals surface area contributed by atoms with Gasteiger partial charge in [0.25, 0.3) is 0 Å². The van der Waals surface area contributed by atoms with Gasteiger partial charge in [0, 0.05) is 36.9 Å². The Labute approximate surface area is 158 Å². The number of hydrogen-bond donors (Lipinski definition) is 2. The van der Waals surface area contributed by atoms with E-state index in [0.29, 0.717) is 13.2 Å². The van der Waals surface area contributed by atoms with E-state index >= 15 is 0 Å². The SMILES string of the molecule is O=C(Nc1ccc(-n2cccc2)cc1)Nc1ccccc1N1CCOCC1. The minimum absolute atomic E-state index is 0.260. The van der Waals surface area contributed by atoms with Gasteiger partial charge in [-0.1, -0.05) is 12.1 Å². The topological polar surface area (TPSA) is 58.5 Å². The van der Waals surface area contributed by atoms with Crippen molar-refractivity contribution in [1.29, 1.82) is 0 Å². The molecule has 0 bridgehead atoms. The monoisotopic (exact) mass is 362 g/mol. The van der Waals surface area contributed by atoms with Crippen LogP contribution < -0.4 is 15.5 Å². The molecule has 0 spiro atoms. The highest BCUT2D eigenvalue weighted by atomic mass is 16.5. The Balaban J connectivity index is 1.42. The van der Waals surface area contributed by atoms with E-state index in [-0.39, 0.29) is 6.03 Å². The molecule has 2 aromatic carbocycles. The third-order valence-corrected chi connectivity index (χ3v) is 4.53. The molecule has 1 aliphatic rings. The molecule has 138 valence electrons. The first-order valence-corrected chi connectivity index (χ1v) is 9.03. The molecule has 0 aliphatic carbocycles. The number of urea groups is 1. The summed E-state index contributed by atoms with van der Waals surface area (Å²) in [6.45, 7) is 3.05. The Bertz CT molecular complexity index is 885. The molecule has 0 saturated carbocycles. The lowest BCUT2D eigenvalue weighted by Crippen LogP contribution is -2.36. The van der Waals surface area contributed by atoms with Gasteiger partial charge in [0.2, 0.25) is 0 Å². The third kappa shape index (κ3) is 4.12. The molecule has 4 rings (SSSR count). The molecule has 0 unspecified atom stereocenters. The Hall–Kier alpha value is -3.25. The number of ether oxygens (including phenoxy) is 1. The summed E-state index contributed by atoms with van der Waals surface area (Å²) < 4.78 is 7.43. The third-order valence-electron chi connectivity index (χ3n) is 4.53. The van der Waals surface area contributed by atoms with Crippen molar-refractivity contribution in [2.24, 2.45) is 0 Å². The smallest absolute Gasteiger partial charge is 0.323 e. The number of anilines is 3. The highest BCUT2D eigenvalue weighted by Gasteiger charge is 2.15. The van der Waals surface area contributed by atoms with E-state index in [4.69, 9.17) is 4.74 Å². The van der Waals surface area contributed by atoms with Gasteiger partial charge in [-0.15, -0.1) is 0 Å². The number of rotatable bonds is 4. The van der Waals surface area contributed by atoms with Crippen LogP contribution in [0.1, 0.15) is 0 Å². The average molecular weight is 362 g/mol. The zero-order valence-corrected chi connectivity index (χ0v) is 15.0. The number of benzene rings is 2. The summed E-state index contributed by atoms with van der Waals surface area (Å²) in [5.74, 6) is 0. The second-order valence-electron chi connectivity index (χ2n) is 6.33. The van der Waals surface area contributed by atoms with Gasteiger partial charge in [-0.2, -0.15) is 0 Å². The Morgan fingerprint density at radius 1 is 0.852 bits per heavy atom. The van der Waals surface area contributed by atoms with Crippen molar-refractivity contribution in [1.82, 2.24) is 4.57 Å². The summed E-state index contributed by atoms with van der Waals surface area (Å²) in [7, 11) is 0. The molecule has 2 amide bonds. The molecule has 0 atom stereocenters. The van der Waals surface area contributed by atoms with Crippen LogP contribution in [0.15, 0.2) is 73.1 Å². The molecule has 27 heavy (non-hydrogen) atoms. The molecular weight excluding hydrogens is 340 g/mol. The Morgan fingerprint density at radius 2 is 1.56 bits per heavy atom. The Morgan fingerprint density at radius 3 is 2.30 bits per heavy atom. The Kier molecular flexibility index (Phi) is 5.07. The fourth-order valence-corrected chi connectivity index (χ4v) is 3.17. The quantitative estimate of drug-likeness (QED) is 0.739. The summed E-state index contributed by atoms with van der Waals surface area (Å²) in [5.41, 5.74) is 3.59. The van der Waals surface area contributed by atoms with Gasteiger partial charge in [-0.25, -0.2) is 4.79 Å². The van der Waals surface area contributed by atoms with Crippen LogP contribution in [-0.4, -0.2) is 36.9 Å². The minimum atomic E-state index is -0.260. The second kappa shape index (κ2) is 7.97. The lowest BCUT2D eigenvalue weighted by molar-refractivity contribution is 0.123. The first kappa shape index (κ1) is 17.2. The van der Waals surface area contributed by atoms with Crippen LogP contribution in [0.2, 0.25) is 0 Å². The lowest BCUT2D eigenvalue weighted by atomic mass is 10.2.